The van der Waals surface area contributed by atoms with Gasteiger partial charge in [0.25, 0.3) is 0 Å². The summed E-state index contributed by atoms with van der Waals surface area (Å²) in [7, 11) is 0. The van der Waals surface area contributed by atoms with E-state index in [9.17, 15) is 45.3 Å². The number of ketones is 2. The molecule has 4 aromatic carbocycles. The molecule has 2 aliphatic rings. The van der Waals surface area contributed by atoms with Gasteiger partial charge < -0.3 is 40.5 Å². The summed E-state index contributed by atoms with van der Waals surface area (Å²) in [6.07, 6.45) is -0.790. The molecular formula is C35H30O10. The number of fused-ring (bicyclic) bond motifs is 1. The minimum atomic E-state index is -1.68. The molecule has 0 saturated heterocycles. The summed E-state index contributed by atoms with van der Waals surface area (Å²) in [5.74, 6) is -4.84. The smallest absolute Gasteiger partial charge is 0.199 e. The third-order valence-corrected chi connectivity index (χ3v) is 8.57. The molecule has 45 heavy (non-hydrogen) atoms. The topological polar surface area (TPSA) is 185 Å². The summed E-state index contributed by atoms with van der Waals surface area (Å²) < 4.78 is 5.93. The van der Waals surface area contributed by atoms with Crippen LogP contribution >= 0.6 is 0 Å². The van der Waals surface area contributed by atoms with E-state index in [2.05, 4.69) is 0 Å². The van der Waals surface area contributed by atoms with Gasteiger partial charge in [-0.05, 0) is 66.9 Å². The third-order valence-electron chi connectivity index (χ3n) is 8.57. The van der Waals surface area contributed by atoms with Crippen LogP contribution in [0.15, 0.2) is 84.4 Å². The van der Waals surface area contributed by atoms with E-state index in [1.165, 1.54) is 60.7 Å². The predicted octanol–water partition coefficient (Wildman–Crippen LogP) is 5.31. The summed E-state index contributed by atoms with van der Waals surface area (Å²) in [5, 5.41) is 73.1. The highest BCUT2D eigenvalue weighted by Gasteiger charge is 2.43. The van der Waals surface area contributed by atoms with Gasteiger partial charge in [-0.1, -0.05) is 23.8 Å². The molecule has 10 nitrogen and oxygen atoms in total. The Morgan fingerprint density at radius 1 is 0.756 bits per heavy atom. The lowest BCUT2D eigenvalue weighted by Gasteiger charge is -2.37. The lowest BCUT2D eigenvalue weighted by atomic mass is 9.65. The van der Waals surface area contributed by atoms with Gasteiger partial charge in [0.15, 0.2) is 23.8 Å². The third kappa shape index (κ3) is 5.29. The van der Waals surface area contributed by atoms with Crippen LogP contribution < -0.4 is 4.74 Å². The molecule has 1 aliphatic carbocycles. The van der Waals surface area contributed by atoms with E-state index in [1.807, 2.05) is 13.0 Å². The number of allylic oxidation sites excluding steroid dienone is 2. The lowest BCUT2D eigenvalue weighted by molar-refractivity contribution is 0.0207. The van der Waals surface area contributed by atoms with Crippen LogP contribution in [0.25, 0.3) is 0 Å². The van der Waals surface area contributed by atoms with Crippen LogP contribution in [-0.4, -0.2) is 53.4 Å². The number of aromatic hydroxyl groups is 6. The summed E-state index contributed by atoms with van der Waals surface area (Å²) in [4.78, 5) is 27.3. The Labute approximate surface area is 257 Å². The van der Waals surface area contributed by atoms with Gasteiger partial charge in [0, 0.05) is 41.5 Å². The van der Waals surface area contributed by atoms with E-state index >= 15 is 0 Å². The molecule has 0 aromatic heterocycles. The van der Waals surface area contributed by atoms with Crippen LogP contribution in [0.2, 0.25) is 0 Å². The molecule has 0 radical (unpaired) electrons. The lowest BCUT2D eigenvalue weighted by Crippen LogP contribution is -2.36. The second kappa shape index (κ2) is 11.2. The number of hydrogen-bond acceptors (Lipinski definition) is 10. The van der Waals surface area contributed by atoms with Crippen LogP contribution in [0.5, 0.6) is 40.2 Å². The second-order valence-corrected chi connectivity index (χ2v) is 11.5. The van der Waals surface area contributed by atoms with E-state index in [0.29, 0.717) is 17.5 Å². The highest BCUT2D eigenvalue weighted by molar-refractivity contribution is 6.03. The number of phenolic OH excluding ortho intramolecular Hbond substituents is 6. The summed E-state index contributed by atoms with van der Waals surface area (Å²) in [6.45, 7) is 1.87. The highest BCUT2D eigenvalue weighted by Crippen LogP contribution is 2.50. The molecule has 1 aliphatic heterocycles. The van der Waals surface area contributed by atoms with Crippen molar-refractivity contribution >= 4 is 11.6 Å². The number of aliphatic hydroxyl groups excluding tert-OH is 1. The molecule has 0 unspecified atom stereocenters. The first kappa shape index (κ1) is 29.6. The first-order chi connectivity index (χ1) is 21.4. The van der Waals surface area contributed by atoms with Crippen LogP contribution in [0.4, 0.5) is 0 Å². The molecule has 10 heteroatoms. The van der Waals surface area contributed by atoms with Crippen molar-refractivity contribution in [1.29, 1.82) is 0 Å². The maximum Gasteiger partial charge on any atom is 0.199 e. The van der Waals surface area contributed by atoms with Crippen LogP contribution in [-0.2, 0) is 0 Å². The minimum Gasteiger partial charge on any atom is -0.508 e. The molecule has 5 atom stereocenters. The molecular weight excluding hydrogens is 580 g/mol. The van der Waals surface area contributed by atoms with Crippen LogP contribution in [0.1, 0.15) is 68.7 Å². The molecule has 0 spiro atoms. The molecule has 6 rings (SSSR count). The summed E-state index contributed by atoms with van der Waals surface area (Å²) in [6, 6.07) is 16.2. The SMILES string of the molecule is CC1=C[C@@H](c2ccc(O)c([C@@H]3Oc4cc(O)ccc4C(=O)[C@H]3O)c2)[C@H](C(=O)c2ccc(O)cc2O)[C@@H](c2ccc(O)cc2O)C1. The number of rotatable bonds is 5. The molecule has 1 heterocycles. The minimum absolute atomic E-state index is 0.0345. The fourth-order valence-corrected chi connectivity index (χ4v) is 6.46. The largest absolute Gasteiger partial charge is 0.508 e. The van der Waals surface area contributed by atoms with Crippen LogP contribution in [0, 0.1) is 5.92 Å². The maximum atomic E-state index is 14.3. The maximum absolute atomic E-state index is 14.3. The first-order valence-corrected chi connectivity index (χ1v) is 14.2. The zero-order valence-electron chi connectivity index (χ0n) is 24.0. The van der Waals surface area contributed by atoms with Crippen LogP contribution in [0.3, 0.4) is 0 Å². The normalized spacial score (nSPS) is 22.7. The van der Waals surface area contributed by atoms with E-state index in [-0.39, 0.29) is 51.2 Å². The number of aliphatic hydroxyl groups is 1. The number of hydrogen-bond donors (Lipinski definition) is 7. The predicted molar refractivity (Wildman–Crippen MR) is 161 cm³/mol. The number of benzene rings is 4. The van der Waals surface area contributed by atoms with Crippen molar-refractivity contribution in [1.82, 2.24) is 0 Å². The fourth-order valence-electron chi connectivity index (χ4n) is 6.46. The van der Waals surface area contributed by atoms with Gasteiger partial charge >= 0.3 is 0 Å². The summed E-state index contributed by atoms with van der Waals surface area (Å²) >= 11 is 0. The number of ether oxygens (including phenoxy) is 1. The second-order valence-electron chi connectivity index (χ2n) is 11.5. The molecule has 0 saturated carbocycles. The quantitative estimate of drug-likeness (QED) is 0.115. The Balaban J connectivity index is 1.48. The number of carbonyl (C=O) groups is 2. The monoisotopic (exact) mass is 610 g/mol. The first-order valence-electron chi connectivity index (χ1n) is 14.2. The molecule has 0 amide bonds. The van der Waals surface area contributed by atoms with Crippen molar-refractivity contribution in [2.24, 2.45) is 5.92 Å². The summed E-state index contributed by atoms with van der Waals surface area (Å²) in [5.41, 5.74) is 1.88. The van der Waals surface area contributed by atoms with E-state index in [4.69, 9.17) is 4.74 Å². The highest BCUT2D eigenvalue weighted by atomic mass is 16.5. The van der Waals surface area contributed by atoms with Gasteiger partial charge in [-0.25, -0.2) is 0 Å². The van der Waals surface area contributed by atoms with E-state index in [1.54, 1.807) is 6.07 Å². The van der Waals surface area contributed by atoms with Gasteiger partial charge in [0.1, 0.15) is 40.2 Å². The van der Waals surface area contributed by atoms with Crippen molar-refractivity contribution in [2.75, 3.05) is 0 Å². The Kier molecular flexibility index (Phi) is 7.38. The molecule has 0 bridgehead atoms. The zero-order valence-corrected chi connectivity index (χ0v) is 24.0. The van der Waals surface area contributed by atoms with Gasteiger partial charge in [-0.15, -0.1) is 0 Å². The Morgan fingerprint density at radius 3 is 2.13 bits per heavy atom. The Bertz CT molecular complexity index is 1880. The standard InChI is InChI=1S/C35H30O10/c1-16-10-24(17-2-9-27(39)26(12-17)35-34(44)33(43)23-8-5-20(38)15-30(23)45-35)31(32(42)22-7-4-19(37)14-29(22)41)25(11-16)21-6-3-18(36)13-28(21)40/h2-10,12-15,24-25,31,34-41,44H,11H2,1H3/t24-,25+,31-,34+,35-/m0/s1. The Hall–Kier alpha value is -5.48. The van der Waals surface area contributed by atoms with Crippen molar-refractivity contribution in [3.63, 3.8) is 0 Å². The molecule has 7 N–H and O–H groups in total. The van der Waals surface area contributed by atoms with Gasteiger partial charge in [-0.3, -0.25) is 9.59 Å². The fraction of sp³-hybridized carbons (Fsp3) is 0.200. The van der Waals surface area contributed by atoms with Crippen molar-refractivity contribution in [2.45, 2.75) is 37.4 Å². The van der Waals surface area contributed by atoms with Gasteiger partial charge in [0.2, 0.25) is 0 Å². The number of phenols is 6. The molecule has 230 valence electrons. The average molecular weight is 611 g/mol. The average Bonchev–Trinajstić information content (AvgIpc) is 2.98. The van der Waals surface area contributed by atoms with Crippen molar-refractivity contribution < 1.29 is 50.1 Å². The molecule has 0 fully saturated rings. The van der Waals surface area contributed by atoms with Crippen molar-refractivity contribution in [3.8, 4) is 40.2 Å². The molecule has 4 aromatic rings. The number of carbonyl (C=O) groups excluding carboxylic acids is 2. The van der Waals surface area contributed by atoms with Crippen molar-refractivity contribution in [3.05, 3.63) is 112 Å². The van der Waals surface area contributed by atoms with E-state index < -0.39 is 47.3 Å². The van der Waals surface area contributed by atoms with Gasteiger partial charge in [-0.2, -0.15) is 0 Å². The van der Waals surface area contributed by atoms with Gasteiger partial charge in [0.05, 0.1) is 11.1 Å². The zero-order chi connectivity index (χ0) is 32.2. The number of Topliss-reactive ketones (excluding diaryl/α,β-unsaturated/α-hetero) is 2. The van der Waals surface area contributed by atoms with E-state index in [0.717, 1.165) is 11.6 Å². The Morgan fingerprint density at radius 2 is 1.42 bits per heavy atom.